The zero-order valence-electron chi connectivity index (χ0n) is 12.8. The fourth-order valence-electron chi connectivity index (χ4n) is 1.99. The first-order chi connectivity index (χ1) is 8.92. The molecule has 1 amide bonds. The number of nitrogens with two attached hydrogens (primary N) is 1. The average molecular weight is 290 g/mol. The predicted molar refractivity (Wildman–Crippen MR) is 83.5 cm³/mol. The average Bonchev–Trinajstić information content (AvgIpc) is 2.31. The number of carbonyl (C=O) groups excluding carboxylic acids is 1. The number of hydrogen-bond acceptors (Lipinski definition) is 4. The quantitative estimate of drug-likeness (QED) is 0.541. The van der Waals surface area contributed by atoms with Crippen LogP contribution in [-0.2, 0) is 9.53 Å². The van der Waals surface area contributed by atoms with Crippen LogP contribution in [0, 0.1) is 0 Å². The summed E-state index contributed by atoms with van der Waals surface area (Å²) < 4.78 is 5.00. The third-order valence-electron chi connectivity index (χ3n) is 3.00. The van der Waals surface area contributed by atoms with Crippen molar-refractivity contribution in [2.75, 3.05) is 25.2 Å². The Labute approximate surface area is 122 Å². The van der Waals surface area contributed by atoms with Crippen molar-refractivity contribution >= 4 is 17.7 Å². The van der Waals surface area contributed by atoms with Gasteiger partial charge >= 0.3 is 0 Å². The second-order valence-electron chi connectivity index (χ2n) is 5.41. The molecule has 0 bridgehead atoms. The van der Waals surface area contributed by atoms with Crippen molar-refractivity contribution in [1.29, 1.82) is 0 Å². The van der Waals surface area contributed by atoms with Crippen LogP contribution < -0.4 is 11.1 Å². The molecule has 0 aromatic carbocycles. The Bertz CT molecular complexity index is 250. The van der Waals surface area contributed by atoms with Crippen molar-refractivity contribution in [3.8, 4) is 0 Å². The van der Waals surface area contributed by atoms with Crippen LogP contribution in [0.2, 0.25) is 0 Å². The van der Waals surface area contributed by atoms with E-state index >= 15 is 0 Å². The standard InChI is InChI=1S/C14H30N2O2S/c1-12(2)16-14(3,13(15)17)8-5-6-10-19-11-7-9-18-4/h12,16H,5-11H2,1-4H3,(H2,15,17). The Morgan fingerprint density at radius 2 is 1.95 bits per heavy atom. The van der Waals surface area contributed by atoms with Crippen molar-refractivity contribution in [2.45, 2.75) is 58.0 Å². The van der Waals surface area contributed by atoms with Gasteiger partial charge in [0.1, 0.15) is 0 Å². The molecular formula is C14H30N2O2S. The minimum atomic E-state index is -0.575. The minimum Gasteiger partial charge on any atom is -0.385 e. The van der Waals surface area contributed by atoms with Gasteiger partial charge in [-0.05, 0) is 51.5 Å². The van der Waals surface area contributed by atoms with Gasteiger partial charge in [0.05, 0.1) is 5.54 Å². The molecule has 1 unspecified atom stereocenters. The highest BCUT2D eigenvalue weighted by Gasteiger charge is 2.30. The number of unbranched alkanes of at least 4 members (excludes halogenated alkanes) is 1. The minimum absolute atomic E-state index is 0.256. The number of amides is 1. The molecule has 0 heterocycles. The largest absolute Gasteiger partial charge is 0.385 e. The van der Waals surface area contributed by atoms with Crippen molar-refractivity contribution in [1.82, 2.24) is 5.32 Å². The van der Waals surface area contributed by atoms with Crippen molar-refractivity contribution in [3.63, 3.8) is 0 Å². The first-order valence-corrected chi connectivity index (χ1v) is 8.22. The molecule has 5 heteroatoms. The van der Waals surface area contributed by atoms with Crippen LogP contribution in [0.3, 0.4) is 0 Å². The van der Waals surface area contributed by atoms with Crippen LogP contribution in [0.5, 0.6) is 0 Å². The van der Waals surface area contributed by atoms with E-state index in [-0.39, 0.29) is 11.9 Å². The number of methoxy groups -OCH3 is 1. The number of thioether (sulfide) groups is 1. The molecule has 0 aromatic rings. The number of hydrogen-bond donors (Lipinski definition) is 2. The van der Waals surface area contributed by atoms with E-state index in [0.29, 0.717) is 0 Å². The van der Waals surface area contributed by atoms with Crippen molar-refractivity contribution in [3.05, 3.63) is 0 Å². The van der Waals surface area contributed by atoms with Gasteiger partial charge in [-0.3, -0.25) is 4.79 Å². The first kappa shape index (κ1) is 18.7. The van der Waals surface area contributed by atoms with Crippen LogP contribution in [0.1, 0.15) is 46.5 Å². The Kier molecular flexibility index (Phi) is 10.4. The molecule has 0 aliphatic rings. The van der Waals surface area contributed by atoms with Gasteiger partial charge in [0.15, 0.2) is 0 Å². The summed E-state index contributed by atoms with van der Waals surface area (Å²) in [7, 11) is 1.73. The topological polar surface area (TPSA) is 64.3 Å². The Hall–Kier alpha value is -0.260. The SMILES string of the molecule is COCCCSCCCCC(C)(NC(C)C)C(N)=O. The fraction of sp³-hybridized carbons (Fsp3) is 0.929. The first-order valence-electron chi connectivity index (χ1n) is 7.06. The summed E-state index contributed by atoms with van der Waals surface area (Å²) in [5.74, 6) is 2.03. The molecule has 0 spiro atoms. The summed E-state index contributed by atoms with van der Waals surface area (Å²) in [6, 6.07) is 0.265. The van der Waals surface area contributed by atoms with E-state index in [1.807, 2.05) is 32.5 Å². The molecule has 0 saturated heterocycles. The summed E-state index contributed by atoms with van der Waals surface area (Å²) in [6.07, 6.45) is 4.06. The molecule has 0 radical (unpaired) electrons. The Balaban J connectivity index is 3.74. The van der Waals surface area contributed by atoms with Gasteiger partial charge in [0, 0.05) is 19.8 Å². The van der Waals surface area contributed by atoms with E-state index < -0.39 is 5.54 Å². The van der Waals surface area contributed by atoms with Gasteiger partial charge in [-0.2, -0.15) is 11.8 Å². The predicted octanol–water partition coefficient (Wildman–Crippen LogP) is 2.17. The maximum absolute atomic E-state index is 11.5. The van der Waals surface area contributed by atoms with Crippen LogP contribution in [-0.4, -0.2) is 42.7 Å². The molecule has 114 valence electrons. The third-order valence-corrected chi connectivity index (χ3v) is 4.16. The maximum atomic E-state index is 11.5. The van der Waals surface area contributed by atoms with Crippen LogP contribution in [0.4, 0.5) is 0 Å². The van der Waals surface area contributed by atoms with Crippen molar-refractivity contribution in [2.24, 2.45) is 5.73 Å². The molecular weight excluding hydrogens is 260 g/mol. The summed E-state index contributed by atoms with van der Waals surface area (Å²) >= 11 is 1.95. The molecule has 0 rings (SSSR count). The second kappa shape index (κ2) is 10.5. The lowest BCUT2D eigenvalue weighted by molar-refractivity contribution is -0.124. The number of primary amides is 1. The Morgan fingerprint density at radius 3 is 2.47 bits per heavy atom. The summed E-state index contributed by atoms with van der Waals surface area (Å²) in [5.41, 5.74) is 4.92. The molecule has 3 N–H and O–H groups in total. The molecule has 0 aliphatic carbocycles. The summed E-state index contributed by atoms with van der Waals surface area (Å²) in [6.45, 7) is 6.81. The monoisotopic (exact) mass is 290 g/mol. The van der Waals surface area contributed by atoms with Crippen LogP contribution in [0.25, 0.3) is 0 Å². The zero-order chi connectivity index (χ0) is 14.7. The lowest BCUT2D eigenvalue weighted by Gasteiger charge is -2.29. The van der Waals surface area contributed by atoms with Crippen LogP contribution >= 0.6 is 11.8 Å². The number of ether oxygens (including phenoxy) is 1. The molecule has 0 fully saturated rings. The lowest BCUT2D eigenvalue weighted by Crippen LogP contribution is -2.55. The Morgan fingerprint density at radius 1 is 1.32 bits per heavy atom. The molecule has 0 aliphatic heterocycles. The fourth-order valence-corrected chi connectivity index (χ4v) is 2.93. The number of nitrogens with one attached hydrogen (secondary N) is 1. The molecule has 4 nitrogen and oxygen atoms in total. The highest BCUT2D eigenvalue weighted by molar-refractivity contribution is 7.99. The molecule has 1 atom stereocenters. The third kappa shape index (κ3) is 9.30. The molecule has 19 heavy (non-hydrogen) atoms. The van der Waals surface area contributed by atoms with E-state index in [1.54, 1.807) is 7.11 Å². The second-order valence-corrected chi connectivity index (χ2v) is 6.64. The maximum Gasteiger partial charge on any atom is 0.237 e. The van der Waals surface area contributed by atoms with Gasteiger partial charge in [-0.15, -0.1) is 0 Å². The highest BCUT2D eigenvalue weighted by Crippen LogP contribution is 2.16. The number of carbonyl (C=O) groups is 1. The van der Waals surface area contributed by atoms with Gasteiger partial charge in [-0.25, -0.2) is 0 Å². The summed E-state index contributed by atoms with van der Waals surface area (Å²) in [5, 5.41) is 3.28. The van der Waals surface area contributed by atoms with Gasteiger partial charge in [0.2, 0.25) is 5.91 Å². The van der Waals surface area contributed by atoms with E-state index in [0.717, 1.165) is 43.8 Å². The van der Waals surface area contributed by atoms with E-state index in [9.17, 15) is 4.79 Å². The van der Waals surface area contributed by atoms with E-state index in [1.165, 1.54) is 0 Å². The highest BCUT2D eigenvalue weighted by atomic mass is 32.2. The number of rotatable bonds is 12. The van der Waals surface area contributed by atoms with Gasteiger partial charge in [-0.1, -0.05) is 6.42 Å². The van der Waals surface area contributed by atoms with Gasteiger partial charge in [0.25, 0.3) is 0 Å². The van der Waals surface area contributed by atoms with E-state index in [4.69, 9.17) is 10.5 Å². The van der Waals surface area contributed by atoms with Crippen molar-refractivity contribution < 1.29 is 9.53 Å². The summed E-state index contributed by atoms with van der Waals surface area (Å²) in [4.78, 5) is 11.5. The van der Waals surface area contributed by atoms with Gasteiger partial charge < -0.3 is 15.8 Å². The van der Waals surface area contributed by atoms with E-state index in [2.05, 4.69) is 5.32 Å². The smallest absolute Gasteiger partial charge is 0.237 e. The normalized spacial score (nSPS) is 14.6. The van der Waals surface area contributed by atoms with Crippen LogP contribution in [0.15, 0.2) is 0 Å². The molecule has 0 saturated carbocycles. The lowest BCUT2D eigenvalue weighted by atomic mass is 9.93. The molecule has 0 aromatic heterocycles. The zero-order valence-corrected chi connectivity index (χ0v) is 13.6.